The molecule has 0 aliphatic carbocycles. The third kappa shape index (κ3) is 2.23. The lowest BCUT2D eigenvalue weighted by molar-refractivity contribution is 0.264. The normalized spacial score (nSPS) is 12.9. The van der Waals surface area contributed by atoms with Crippen LogP contribution in [0.15, 0.2) is 16.6 Å². The predicted octanol–water partition coefficient (Wildman–Crippen LogP) is 1.33. The molecule has 14 heavy (non-hydrogen) atoms. The Balaban J connectivity index is 3.18. The molecule has 0 aliphatic rings. The predicted molar refractivity (Wildman–Crippen MR) is 54.6 cm³/mol. The maximum Gasteiger partial charge on any atom is 0.166 e. The monoisotopic (exact) mass is 263 g/mol. The second kappa shape index (κ2) is 4.72. The van der Waals surface area contributed by atoms with Crippen molar-refractivity contribution in [3.63, 3.8) is 0 Å². The Hall–Kier alpha value is -0.650. The Labute approximate surface area is 89.5 Å². The zero-order valence-electron chi connectivity index (χ0n) is 7.37. The van der Waals surface area contributed by atoms with E-state index in [-0.39, 0.29) is 13.2 Å². The Morgan fingerprint density at radius 3 is 2.64 bits per heavy atom. The highest BCUT2D eigenvalue weighted by Gasteiger charge is 2.16. The Morgan fingerprint density at radius 2 is 2.14 bits per heavy atom. The summed E-state index contributed by atoms with van der Waals surface area (Å²) in [6.07, 6.45) is 0. The van der Waals surface area contributed by atoms with Gasteiger partial charge in [0.15, 0.2) is 11.6 Å². The lowest BCUT2D eigenvalue weighted by Crippen LogP contribution is -2.16. The molecule has 78 valence electrons. The highest BCUT2D eigenvalue weighted by molar-refractivity contribution is 9.10. The number of halogens is 2. The van der Waals surface area contributed by atoms with E-state index in [0.717, 1.165) is 6.07 Å². The fourth-order valence-corrected chi connectivity index (χ4v) is 1.64. The van der Waals surface area contributed by atoms with Crippen molar-refractivity contribution in [1.29, 1.82) is 0 Å². The van der Waals surface area contributed by atoms with Crippen LogP contribution >= 0.6 is 15.9 Å². The highest BCUT2D eigenvalue weighted by atomic mass is 79.9. The molecule has 0 fully saturated rings. The van der Waals surface area contributed by atoms with Crippen LogP contribution in [0.25, 0.3) is 0 Å². The number of aliphatic hydroxyl groups is 1. The van der Waals surface area contributed by atoms with E-state index < -0.39 is 17.5 Å². The van der Waals surface area contributed by atoms with Gasteiger partial charge in [0.05, 0.1) is 6.61 Å². The zero-order chi connectivity index (χ0) is 10.7. The molecule has 0 amide bonds. The summed E-state index contributed by atoms with van der Waals surface area (Å²) in [6.45, 7) is -0.0695. The smallest absolute Gasteiger partial charge is 0.166 e. The van der Waals surface area contributed by atoms with E-state index in [1.807, 2.05) is 0 Å². The van der Waals surface area contributed by atoms with Gasteiger partial charge in [0.25, 0.3) is 0 Å². The van der Waals surface area contributed by atoms with Crippen molar-refractivity contribution in [2.75, 3.05) is 13.2 Å². The third-order valence-corrected chi connectivity index (χ3v) is 2.46. The maximum absolute atomic E-state index is 13.1. The third-order valence-electron chi connectivity index (χ3n) is 2.00. The van der Waals surface area contributed by atoms with Crippen LogP contribution in [0.2, 0.25) is 0 Å². The second-order valence-corrected chi connectivity index (χ2v) is 3.86. The molecule has 0 spiro atoms. The van der Waals surface area contributed by atoms with E-state index in [1.54, 1.807) is 6.07 Å². The van der Waals surface area contributed by atoms with Crippen LogP contribution < -0.4 is 5.73 Å². The molecule has 0 saturated carbocycles. The summed E-state index contributed by atoms with van der Waals surface area (Å²) in [6, 6.07) is 2.70. The minimum atomic E-state index is -0.721. The fourth-order valence-electron chi connectivity index (χ4n) is 1.20. The molecule has 1 rings (SSSR count). The van der Waals surface area contributed by atoms with Crippen LogP contribution in [0.5, 0.6) is 5.75 Å². The molecule has 1 aromatic carbocycles. The van der Waals surface area contributed by atoms with E-state index >= 15 is 0 Å². The quantitative estimate of drug-likeness (QED) is 0.771. The van der Waals surface area contributed by atoms with Crippen LogP contribution in [0.4, 0.5) is 4.39 Å². The second-order valence-electron chi connectivity index (χ2n) is 2.94. The van der Waals surface area contributed by atoms with E-state index in [9.17, 15) is 9.50 Å². The largest absolute Gasteiger partial charge is 0.505 e. The minimum absolute atomic E-state index is 0.153. The van der Waals surface area contributed by atoms with Crippen LogP contribution in [0.1, 0.15) is 11.5 Å². The average molecular weight is 264 g/mol. The number of phenols is 1. The molecule has 0 saturated heterocycles. The lowest BCUT2D eigenvalue weighted by Gasteiger charge is -2.14. The molecular formula is C9H11BrFNO2. The van der Waals surface area contributed by atoms with Gasteiger partial charge < -0.3 is 15.9 Å². The Morgan fingerprint density at radius 1 is 1.50 bits per heavy atom. The maximum atomic E-state index is 13.1. The number of hydrogen-bond donors (Lipinski definition) is 3. The van der Waals surface area contributed by atoms with Crippen LogP contribution in [0, 0.1) is 5.82 Å². The Kier molecular flexibility index (Phi) is 3.86. The van der Waals surface area contributed by atoms with Crippen LogP contribution in [-0.4, -0.2) is 23.4 Å². The van der Waals surface area contributed by atoms with Gasteiger partial charge in [-0.2, -0.15) is 0 Å². The molecule has 4 N–H and O–H groups in total. The topological polar surface area (TPSA) is 66.5 Å². The number of nitrogens with two attached hydrogens (primary N) is 1. The molecule has 1 atom stereocenters. The van der Waals surface area contributed by atoms with Gasteiger partial charge in [0, 0.05) is 22.5 Å². The number of aromatic hydroxyl groups is 1. The molecule has 5 heteroatoms. The lowest BCUT2D eigenvalue weighted by atomic mass is 9.99. The summed E-state index contributed by atoms with van der Waals surface area (Å²) in [5, 5.41) is 18.3. The molecule has 0 aliphatic heterocycles. The van der Waals surface area contributed by atoms with Gasteiger partial charge >= 0.3 is 0 Å². The molecule has 0 aromatic heterocycles. The van der Waals surface area contributed by atoms with Gasteiger partial charge in [-0.05, 0) is 12.1 Å². The van der Waals surface area contributed by atoms with Gasteiger partial charge in [-0.1, -0.05) is 15.9 Å². The van der Waals surface area contributed by atoms with Crippen LogP contribution in [-0.2, 0) is 0 Å². The highest BCUT2D eigenvalue weighted by Crippen LogP contribution is 2.31. The van der Waals surface area contributed by atoms with Gasteiger partial charge in [-0.15, -0.1) is 0 Å². The molecule has 1 unspecified atom stereocenters. The standard InChI is InChI=1S/C9H11BrFNO2/c10-6-1-7(5(3-12)4-13)9(14)8(11)2-6/h1-2,5,13-14H,3-4,12H2. The number of hydrogen-bond acceptors (Lipinski definition) is 3. The SMILES string of the molecule is NCC(CO)c1cc(Br)cc(F)c1O. The summed E-state index contributed by atoms with van der Waals surface area (Å²) >= 11 is 3.10. The van der Waals surface area contributed by atoms with E-state index in [4.69, 9.17) is 10.8 Å². The number of benzene rings is 1. The first-order chi connectivity index (χ1) is 6.60. The summed E-state index contributed by atoms with van der Waals surface area (Å²) in [5.41, 5.74) is 5.70. The number of rotatable bonds is 3. The van der Waals surface area contributed by atoms with Gasteiger partial charge in [-0.3, -0.25) is 0 Å². The zero-order valence-corrected chi connectivity index (χ0v) is 8.96. The van der Waals surface area contributed by atoms with Crippen molar-refractivity contribution in [2.24, 2.45) is 5.73 Å². The van der Waals surface area contributed by atoms with E-state index in [2.05, 4.69) is 15.9 Å². The average Bonchev–Trinajstić information content (AvgIpc) is 2.15. The molecule has 1 aromatic rings. The van der Waals surface area contributed by atoms with Gasteiger partial charge in [-0.25, -0.2) is 4.39 Å². The van der Waals surface area contributed by atoms with Crippen molar-refractivity contribution in [3.8, 4) is 5.75 Å². The molecule has 0 radical (unpaired) electrons. The fraction of sp³-hybridized carbons (Fsp3) is 0.333. The van der Waals surface area contributed by atoms with Crippen molar-refractivity contribution in [2.45, 2.75) is 5.92 Å². The molecule has 3 nitrogen and oxygen atoms in total. The summed E-state index contributed by atoms with van der Waals surface area (Å²) in [4.78, 5) is 0. The first-order valence-electron chi connectivity index (χ1n) is 4.09. The molecule has 0 heterocycles. The Bertz CT molecular complexity index is 329. The summed E-state index contributed by atoms with van der Waals surface area (Å²) in [7, 11) is 0. The van der Waals surface area contributed by atoms with E-state index in [1.165, 1.54) is 0 Å². The first-order valence-corrected chi connectivity index (χ1v) is 4.88. The van der Waals surface area contributed by atoms with Crippen molar-refractivity contribution in [1.82, 2.24) is 0 Å². The van der Waals surface area contributed by atoms with Crippen molar-refractivity contribution in [3.05, 3.63) is 28.0 Å². The van der Waals surface area contributed by atoms with Gasteiger partial charge in [0.1, 0.15) is 0 Å². The summed E-state index contributed by atoms with van der Waals surface area (Å²) < 4.78 is 13.6. The molecular weight excluding hydrogens is 253 g/mol. The van der Waals surface area contributed by atoms with Gasteiger partial charge in [0.2, 0.25) is 0 Å². The van der Waals surface area contributed by atoms with E-state index in [0.29, 0.717) is 10.0 Å². The van der Waals surface area contributed by atoms with Crippen molar-refractivity contribution >= 4 is 15.9 Å². The first kappa shape index (κ1) is 11.4. The number of aliphatic hydroxyl groups excluding tert-OH is 1. The summed E-state index contributed by atoms with van der Waals surface area (Å²) in [5.74, 6) is -1.61. The van der Waals surface area contributed by atoms with Crippen molar-refractivity contribution < 1.29 is 14.6 Å². The number of phenolic OH excluding ortho intramolecular Hbond substituents is 1. The molecule has 0 bridgehead atoms. The minimum Gasteiger partial charge on any atom is -0.505 e. The van der Waals surface area contributed by atoms with Crippen LogP contribution in [0.3, 0.4) is 0 Å².